The van der Waals surface area contributed by atoms with Gasteiger partial charge in [0, 0.05) is 22.9 Å². The molecule has 0 spiro atoms. The highest BCUT2D eigenvalue weighted by molar-refractivity contribution is 6.01. The highest BCUT2D eigenvalue weighted by Crippen LogP contribution is 2.61. The molecule has 0 unspecified atom stereocenters. The molecule has 5 saturated carbocycles. The fraction of sp³-hybridized carbons (Fsp3) is 0.615. The van der Waals surface area contributed by atoms with Gasteiger partial charge < -0.3 is 0 Å². The fourth-order valence-corrected chi connectivity index (χ4v) is 8.04. The van der Waals surface area contributed by atoms with E-state index < -0.39 is 6.43 Å². The van der Waals surface area contributed by atoms with Gasteiger partial charge >= 0.3 is 0 Å². The molecule has 0 atom stereocenters. The number of halogens is 2. The molecule has 4 bridgehead atoms. The van der Waals surface area contributed by atoms with Gasteiger partial charge in [0.05, 0.1) is 11.9 Å². The van der Waals surface area contributed by atoms with E-state index in [1.165, 1.54) is 61.0 Å². The van der Waals surface area contributed by atoms with Gasteiger partial charge in [-0.2, -0.15) is 10.2 Å². The molecule has 3 heterocycles. The van der Waals surface area contributed by atoms with Crippen LogP contribution in [0.5, 0.6) is 0 Å². The van der Waals surface area contributed by atoms with Crippen LogP contribution in [0.2, 0.25) is 0 Å². The van der Waals surface area contributed by atoms with Crippen LogP contribution < -0.4 is 0 Å². The molecule has 0 aromatic carbocycles. The number of carbonyl (C=O) groups excluding carboxylic acids is 1. The maximum atomic E-state index is 13.8. The van der Waals surface area contributed by atoms with Crippen LogP contribution in [0.4, 0.5) is 8.78 Å². The summed E-state index contributed by atoms with van der Waals surface area (Å²) < 4.78 is 30.2. The summed E-state index contributed by atoms with van der Waals surface area (Å²) in [5, 5.41) is 8.84. The Morgan fingerprint density at radius 1 is 1.09 bits per heavy atom. The Labute approximate surface area is 196 Å². The van der Waals surface area contributed by atoms with Crippen molar-refractivity contribution < 1.29 is 13.6 Å². The zero-order valence-electron chi connectivity index (χ0n) is 19.6. The number of aryl methyl sites for hydroxylation is 1. The van der Waals surface area contributed by atoms with E-state index in [1.807, 2.05) is 13.8 Å². The first-order valence-electron chi connectivity index (χ1n) is 12.6. The van der Waals surface area contributed by atoms with Crippen LogP contribution in [0.3, 0.4) is 0 Å². The maximum Gasteiger partial charge on any atom is 0.283 e. The van der Waals surface area contributed by atoms with Gasteiger partial charge in [-0.3, -0.25) is 4.79 Å². The largest absolute Gasteiger partial charge is 0.283 e. The average molecular weight is 466 g/mol. The van der Waals surface area contributed by atoms with Crippen molar-refractivity contribution >= 4 is 11.6 Å². The summed E-state index contributed by atoms with van der Waals surface area (Å²) in [5.74, 6) is 2.23. The van der Waals surface area contributed by atoms with Crippen molar-refractivity contribution in [2.75, 3.05) is 0 Å². The third-order valence-corrected chi connectivity index (χ3v) is 9.02. The molecule has 3 aromatic heterocycles. The molecule has 0 radical (unpaired) electrons. The maximum absolute atomic E-state index is 13.8. The monoisotopic (exact) mass is 465 g/mol. The second kappa shape index (κ2) is 6.95. The number of rotatable bonds is 4. The Kier molecular flexibility index (Phi) is 4.23. The molecule has 3 aromatic rings. The third-order valence-electron chi connectivity index (χ3n) is 9.02. The first-order valence-corrected chi connectivity index (χ1v) is 12.6. The van der Waals surface area contributed by atoms with Gasteiger partial charge in [-0.25, -0.2) is 23.0 Å². The highest BCUT2D eigenvalue weighted by atomic mass is 19.3. The van der Waals surface area contributed by atoms with Gasteiger partial charge in [-0.15, -0.1) is 0 Å². The van der Waals surface area contributed by atoms with Crippen molar-refractivity contribution in [1.82, 2.24) is 24.4 Å². The number of aromatic nitrogens is 5. The van der Waals surface area contributed by atoms with Crippen molar-refractivity contribution in [2.24, 2.45) is 17.8 Å². The summed E-state index contributed by atoms with van der Waals surface area (Å²) >= 11 is 0. The van der Waals surface area contributed by atoms with Crippen LogP contribution in [0.15, 0.2) is 12.3 Å². The summed E-state index contributed by atoms with van der Waals surface area (Å²) in [4.78, 5) is 18.3. The lowest BCUT2D eigenvalue weighted by atomic mass is 9.48. The van der Waals surface area contributed by atoms with Gasteiger partial charge in [0.1, 0.15) is 11.3 Å². The Bertz CT molecular complexity index is 1300. The molecule has 8 rings (SSSR count). The third kappa shape index (κ3) is 2.89. The number of hydrogen-bond donors (Lipinski definition) is 0. The van der Waals surface area contributed by atoms with E-state index in [9.17, 15) is 13.6 Å². The van der Waals surface area contributed by atoms with Crippen LogP contribution in [0, 0.1) is 31.6 Å². The second-order valence-electron chi connectivity index (χ2n) is 11.4. The molecule has 0 amide bonds. The summed E-state index contributed by atoms with van der Waals surface area (Å²) in [5.41, 5.74) is 4.02. The van der Waals surface area contributed by atoms with Crippen molar-refractivity contribution in [3.05, 3.63) is 46.2 Å². The number of fused-ring (bicyclic) bond motifs is 1. The molecule has 178 valence electrons. The quantitative estimate of drug-likeness (QED) is 0.509. The number of carbonyl (C=O) groups is 1. The molecule has 8 heteroatoms. The second-order valence-corrected chi connectivity index (χ2v) is 11.4. The molecule has 0 aliphatic heterocycles. The van der Waals surface area contributed by atoms with Crippen LogP contribution in [0.1, 0.15) is 102 Å². The van der Waals surface area contributed by atoms with Crippen molar-refractivity contribution in [3.8, 4) is 0 Å². The lowest BCUT2D eigenvalue weighted by molar-refractivity contribution is -0.00576. The predicted molar refractivity (Wildman–Crippen MR) is 121 cm³/mol. The Morgan fingerprint density at radius 3 is 2.32 bits per heavy atom. The van der Waals surface area contributed by atoms with Gasteiger partial charge in [0.2, 0.25) is 0 Å². The molecule has 5 aliphatic rings. The number of alkyl halides is 2. The minimum Gasteiger partial charge on any atom is -0.267 e. The normalized spacial score (nSPS) is 30.1. The standard InChI is InChI=1S/C26H29F2N5O/c1-13-22(26-9-15-5-16(10-26)7-17(6-15)11-26)14(2)32(31-13)25(34)19-12-29-33-21(23(27)28)8-20(18-3-4-18)30-24(19)33/h8,12,15-18,23H,3-7,9-11H2,1-2H3. The minimum absolute atomic E-state index is 0.128. The summed E-state index contributed by atoms with van der Waals surface area (Å²) in [6, 6.07) is 1.44. The molecule has 5 fully saturated rings. The number of nitrogens with zero attached hydrogens (tertiary/aromatic N) is 5. The average Bonchev–Trinajstić information content (AvgIpc) is 3.46. The molecule has 0 saturated heterocycles. The van der Waals surface area contributed by atoms with Crippen LogP contribution >= 0.6 is 0 Å². The summed E-state index contributed by atoms with van der Waals surface area (Å²) in [7, 11) is 0. The van der Waals surface area contributed by atoms with E-state index in [2.05, 4.69) is 10.1 Å². The minimum atomic E-state index is -2.69. The Morgan fingerprint density at radius 2 is 1.74 bits per heavy atom. The van der Waals surface area contributed by atoms with Crippen LogP contribution in [0.25, 0.3) is 5.65 Å². The molecular weight excluding hydrogens is 436 g/mol. The van der Waals surface area contributed by atoms with Gasteiger partial charge in [-0.1, -0.05) is 0 Å². The lowest BCUT2D eigenvalue weighted by Gasteiger charge is -2.57. The first-order chi connectivity index (χ1) is 16.3. The Balaban J connectivity index is 1.32. The zero-order valence-corrected chi connectivity index (χ0v) is 19.6. The van der Waals surface area contributed by atoms with E-state index in [4.69, 9.17) is 5.10 Å². The predicted octanol–water partition coefficient (Wildman–Crippen LogP) is 5.51. The van der Waals surface area contributed by atoms with Gasteiger partial charge in [0.25, 0.3) is 12.3 Å². The molecule has 5 aliphatic carbocycles. The summed E-state index contributed by atoms with van der Waals surface area (Å²) in [6.07, 6.45) is 8.21. The van der Waals surface area contributed by atoms with Crippen molar-refractivity contribution in [2.45, 2.75) is 83.0 Å². The highest BCUT2D eigenvalue weighted by Gasteiger charge is 2.53. The first kappa shape index (κ1) is 20.7. The molecule has 0 N–H and O–H groups in total. The van der Waals surface area contributed by atoms with Crippen molar-refractivity contribution in [3.63, 3.8) is 0 Å². The van der Waals surface area contributed by atoms with Gasteiger partial charge in [-0.05, 0) is 94.4 Å². The molecule has 34 heavy (non-hydrogen) atoms. The van der Waals surface area contributed by atoms with E-state index in [-0.39, 0.29) is 34.1 Å². The summed E-state index contributed by atoms with van der Waals surface area (Å²) in [6.45, 7) is 4.00. The number of hydrogen-bond acceptors (Lipinski definition) is 4. The molecule has 6 nitrogen and oxygen atoms in total. The smallest absolute Gasteiger partial charge is 0.267 e. The van der Waals surface area contributed by atoms with Gasteiger partial charge in [0.15, 0.2) is 5.65 Å². The zero-order chi connectivity index (χ0) is 23.4. The topological polar surface area (TPSA) is 65.1 Å². The van der Waals surface area contributed by atoms with E-state index in [1.54, 1.807) is 0 Å². The van der Waals surface area contributed by atoms with Crippen LogP contribution in [-0.2, 0) is 5.41 Å². The Hall–Kier alpha value is -2.64. The lowest BCUT2D eigenvalue weighted by Crippen LogP contribution is -2.49. The van der Waals surface area contributed by atoms with Crippen molar-refractivity contribution in [1.29, 1.82) is 0 Å². The fourth-order valence-electron chi connectivity index (χ4n) is 8.04. The molecular formula is C26H29F2N5O. The van der Waals surface area contributed by atoms with E-state index in [0.29, 0.717) is 5.69 Å². The SMILES string of the molecule is Cc1nn(C(=O)c2cnn3c(C(F)F)cc(C4CC4)nc23)c(C)c1C12CC3CC(CC(C3)C1)C2. The van der Waals surface area contributed by atoms with E-state index >= 15 is 0 Å². The van der Waals surface area contributed by atoms with E-state index in [0.717, 1.165) is 46.5 Å². The van der Waals surface area contributed by atoms with Crippen LogP contribution in [-0.4, -0.2) is 30.3 Å².